The molecule has 4 heteroatoms. The van der Waals surface area contributed by atoms with E-state index in [2.05, 4.69) is 13.8 Å². The first-order valence-electron chi connectivity index (χ1n) is 6.54. The average molecular weight is 259 g/mol. The van der Waals surface area contributed by atoms with E-state index in [4.69, 9.17) is 5.11 Å². The lowest BCUT2D eigenvalue weighted by atomic mass is 10.1. The Balaban J connectivity index is 1.75. The van der Waals surface area contributed by atoms with Crippen LogP contribution in [0.4, 0.5) is 0 Å². The molecule has 4 nitrogen and oxygen atoms in total. The Labute approximate surface area is 112 Å². The molecule has 1 aliphatic heterocycles. The van der Waals surface area contributed by atoms with E-state index in [0.29, 0.717) is 22.8 Å². The van der Waals surface area contributed by atoms with E-state index in [1.54, 1.807) is 12.1 Å². The summed E-state index contributed by atoms with van der Waals surface area (Å²) < 4.78 is 0. The van der Waals surface area contributed by atoms with Gasteiger partial charge in [-0.1, -0.05) is 19.9 Å². The van der Waals surface area contributed by atoms with Gasteiger partial charge in [0.15, 0.2) is 0 Å². The summed E-state index contributed by atoms with van der Waals surface area (Å²) in [7, 11) is 0. The second kappa shape index (κ2) is 3.83. The largest absolute Gasteiger partial charge is 0.478 e. The summed E-state index contributed by atoms with van der Waals surface area (Å²) in [6.45, 7) is 6.09. The van der Waals surface area contributed by atoms with Crippen LogP contribution in [0.1, 0.15) is 34.6 Å². The van der Waals surface area contributed by atoms with Crippen molar-refractivity contribution in [1.29, 1.82) is 0 Å². The van der Waals surface area contributed by atoms with Crippen LogP contribution in [0.3, 0.4) is 0 Å². The van der Waals surface area contributed by atoms with Gasteiger partial charge in [-0.3, -0.25) is 4.79 Å². The number of nitrogens with zero attached hydrogens (tertiary/aromatic N) is 1. The maximum Gasteiger partial charge on any atom is 0.335 e. The van der Waals surface area contributed by atoms with Crippen LogP contribution in [0.5, 0.6) is 0 Å². The predicted molar refractivity (Wildman–Crippen MR) is 70.1 cm³/mol. The van der Waals surface area contributed by atoms with Crippen LogP contribution < -0.4 is 0 Å². The number of likely N-dealkylation sites (tertiary alicyclic amines) is 1. The normalized spacial score (nSPS) is 26.9. The zero-order valence-electron chi connectivity index (χ0n) is 11.1. The number of carbonyl (C=O) groups is 2. The minimum atomic E-state index is -1.000. The van der Waals surface area contributed by atoms with Gasteiger partial charge in [0.2, 0.25) is 0 Å². The Bertz CT molecular complexity index is 550. The molecule has 3 rings (SSSR count). The van der Waals surface area contributed by atoms with E-state index >= 15 is 0 Å². The number of rotatable bonds is 2. The fourth-order valence-corrected chi connectivity index (χ4v) is 3.27. The number of aromatic carboxylic acids is 1. The number of amides is 1. The van der Waals surface area contributed by atoms with Gasteiger partial charge in [0.05, 0.1) is 5.56 Å². The number of benzene rings is 1. The summed E-state index contributed by atoms with van der Waals surface area (Å²) >= 11 is 0. The van der Waals surface area contributed by atoms with Crippen LogP contribution in [0.25, 0.3) is 0 Å². The molecule has 2 aliphatic rings. The highest BCUT2D eigenvalue weighted by atomic mass is 16.4. The molecule has 1 saturated heterocycles. The van der Waals surface area contributed by atoms with Gasteiger partial charge in [0.25, 0.3) is 5.91 Å². The molecular formula is C15H17NO3. The number of carbonyl (C=O) groups excluding carboxylic acids is 1. The third-order valence-corrected chi connectivity index (χ3v) is 4.77. The van der Waals surface area contributed by atoms with Crippen molar-refractivity contribution in [3.8, 4) is 0 Å². The molecule has 1 amide bonds. The van der Waals surface area contributed by atoms with Gasteiger partial charge in [-0.2, -0.15) is 0 Å². The van der Waals surface area contributed by atoms with E-state index in [0.717, 1.165) is 13.1 Å². The Morgan fingerprint density at radius 3 is 2.37 bits per heavy atom. The van der Waals surface area contributed by atoms with Gasteiger partial charge < -0.3 is 10.0 Å². The van der Waals surface area contributed by atoms with E-state index in [1.165, 1.54) is 12.1 Å². The maximum absolute atomic E-state index is 12.3. The summed E-state index contributed by atoms with van der Waals surface area (Å²) in [5.74, 6) is 0.171. The molecule has 0 radical (unpaired) electrons. The first-order valence-corrected chi connectivity index (χ1v) is 6.54. The van der Waals surface area contributed by atoms with Crippen LogP contribution in [0, 0.1) is 17.3 Å². The second-order valence-electron chi connectivity index (χ2n) is 6.13. The quantitative estimate of drug-likeness (QED) is 0.885. The molecule has 1 saturated carbocycles. The minimum Gasteiger partial charge on any atom is -0.478 e. The van der Waals surface area contributed by atoms with Gasteiger partial charge in [-0.25, -0.2) is 4.79 Å². The number of hydrogen-bond acceptors (Lipinski definition) is 2. The van der Waals surface area contributed by atoms with Crippen molar-refractivity contribution in [2.24, 2.45) is 17.3 Å². The summed E-state index contributed by atoms with van der Waals surface area (Å²) in [5, 5.41) is 8.95. The van der Waals surface area contributed by atoms with E-state index < -0.39 is 5.97 Å². The standard InChI is InChI=1S/C15H17NO3/c1-15(2)11-7-16(8-12(11)15)13(17)9-4-3-5-10(6-9)14(18)19/h3-6,11-12H,7-8H2,1-2H3,(H,18,19). The molecule has 2 atom stereocenters. The van der Waals surface area contributed by atoms with Crippen LogP contribution in [0.15, 0.2) is 24.3 Å². The van der Waals surface area contributed by atoms with E-state index in [1.807, 2.05) is 4.90 Å². The molecular weight excluding hydrogens is 242 g/mol. The third-order valence-electron chi connectivity index (χ3n) is 4.77. The van der Waals surface area contributed by atoms with Crippen molar-refractivity contribution in [2.45, 2.75) is 13.8 Å². The first-order chi connectivity index (χ1) is 8.91. The SMILES string of the molecule is CC1(C)C2CN(C(=O)c3cccc(C(=O)O)c3)CC21. The van der Waals surface area contributed by atoms with Crippen LogP contribution >= 0.6 is 0 Å². The Morgan fingerprint density at radius 2 is 1.79 bits per heavy atom. The van der Waals surface area contributed by atoms with Crippen molar-refractivity contribution in [2.75, 3.05) is 13.1 Å². The maximum atomic E-state index is 12.3. The van der Waals surface area contributed by atoms with E-state index in [9.17, 15) is 9.59 Å². The first kappa shape index (κ1) is 12.2. The lowest BCUT2D eigenvalue weighted by Crippen LogP contribution is -2.32. The minimum absolute atomic E-state index is 0.0499. The number of hydrogen-bond donors (Lipinski definition) is 1. The topological polar surface area (TPSA) is 57.6 Å². The van der Waals surface area contributed by atoms with Gasteiger partial charge in [-0.15, -0.1) is 0 Å². The highest BCUT2D eigenvalue weighted by Gasteiger charge is 2.62. The van der Waals surface area contributed by atoms with Crippen molar-refractivity contribution >= 4 is 11.9 Å². The molecule has 19 heavy (non-hydrogen) atoms. The molecule has 0 aromatic heterocycles. The molecule has 1 N–H and O–H groups in total. The van der Waals surface area contributed by atoms with E-state index in [-0.39, 0.29) is 11.5 Å². The summed E-state index contributed by atoms with van der Waals surface area (Å²) in [4.78, 5) is 25.1. The molecule has 1 aliphatic carbocycles. The second-order valence-corrected chi connectivity index (χ2v) is 6.13. The molecule has 100 valence electrons. The van der Waals surface area contributed by atoms with Crippen molar-refractivity contribution in [3.05, 3.63) is 35.4 Å². The van der Waals surface area contributed by atoms with Crippen molar-refractivity contribution < 1.29 is 14.7 Å². The highest BCUT2D eigenvalue weighted by molar-refractivity contribution is 5.97. The molecule has 1 aromatic carbocycles. The number of carboxylic acid groups (broad SMARTS) is 1. The Hall–Kier alpha value is -1.84. The number of piperidine rings is 1. The highest BCUT2D eigenvalue weighted by Crippen LogP contribution is 2.62. The third kappa shape index (κ3) is 1.82. The Kier molecular flexibility index (Phi) is 2.46. The molecule has 0 bridgehead atoms. The zero-order valence-corrected chi connectivity index (χ0v) is 11.1. The summed E-state index contributed by atoms with van der Waals surface area (Å²) in [6.07, 6.45) is 0. The van der Waals surface area contributed by atoms with Gasteiger partial charge in [-0.05, 0) is 35.4 Å². The zero-order chi connectivity index (χ0) is 13.8. The monoisotopic (exact) mass is 259 g/mol. The molecule has 1 aromatic rings. The smallest absolute Gasteiger partial charge is 0.335 e. The van der Waals surface area contributed by atoms with Gasteiger partial charge >= 0.3 is 5.97 Å². The van der Waals surface area contributed by atoms with Gasteiger partial charge in [0, 0.05) is 18.7 Å². The van der Waals surface area contributed by atoms with Crippen molar-refractivity contribution in [1.82, 2.24) is 4.90 Å². The summed E-state index contributed by atoms with van der Waals surface area (Å²) in [5.41, 5.74) is 1.01. The molecule has 2 fully saturated rings. The number of carboxylic acids is 1. The lowest BCUT2D eigenvalue weighted by Gasteiger charge is -2.22. The fraction of sp³-hybridized carbons (Fsp3) is 0.467. The van der Waals surface area contributed by atoms with Crippen LogP contribution in [-0.4, -0.2) is 35.0 Å². The van der Waals surface area contributed by atoms with Crippen LogP contribution in [-0.2, 0) is 0 Å². The molecule has 1 heterocycles. The average Bonchev–Trinajstić information content (AvgIpc) is 2.79. The van der Waals surface area contributed by atoms with Crippen molar-refractivity contribution in [3.63, 3.8) is 0 Å². The van der Waals surface area contributed by atoms with Crippen LogP contribution in [0.2, 0.25) is 0 Å². The Morgan fingerprint density at radius 1 is 1.21 bits per heavy atom. The predicted octanol–water partition coefficient (Wildman–Crippen LogP) is 2.11. The molecule has 2 unspecified atom stereocenters. The lowest BCUT2D eigenvalue weighted by molar-refractivity contribution is 0.0697. The summed E-state index contributed by atoms with van der Waals surface area (Å²) in [6, 6.07) is 6.27. The van der Waals surface area contributed by atoms with Gasteiger partial charge in [0.1, 0.15) is 0 Å². The number of fused-ring (bicyclic) bond motifs is 1. The molecule has 0 spiro atoms. The fourth-order valence-electron chi connectivity index (χ4n) is 3.27.